The van der Waals surface area contributed by atoms with Crippen molar-refractivity contribution < 1.29 is 14.3 Å². The number of para-hydroxylation sites is 2. The predicted octanol–water partition coefficient (Wildman–Crippen LogP) is 2.87. The van der Waals surface area contributed by atoms with E-state index in [-0.39, 0.29) is 36.6 Å². The fourth-order valence-electron chi connectivity index (χ4n) is 4.02. The normalized spacial score (nSPS) is 17.4. The summed E-state index contributed by atoms with van der Waals surface area (Å²) < 4.78 is 7.06. The van der Waals surface area contributed by atoms with Crippen LogP contribution in [0.25, 0.3) is 11.0 Å². The van der Waals surface area contributed by atoms with Crippen LogP contribution in [-0.4, -0.2) is 39.5 Å². The molecular formula is C23H25N3O4. The van der Waals surface area contributed by atoms with Crippen LogP contribution in [-0.2, 0) is 20.9 Å². The van der Waals surface area contributed by atoms with E-state index in [1.165, 1.54) is 0 Å². The van der Waals surface area contributed by atoms with Gasteiger partial charge < -0.3 is 14.6 Å². The van der Waals surface area contributed by atoms with Crippen LogP contribution in [0.3, 0.4) is 0 Å². The van der Waals surface area contributed by atoms with Crippen LogP contribution < -0.4 is 5.69 Å². The van der Waals surface area contributed by atoms with Gasteiger partial charge in [-0.2, -0.15) is 0 Å². The van der Waals surface area contributed by atoms with E-state index in [0.29, 0.717) is 19.5 Å². The van der Waals surface area contributed by atoms with Gasteiger partial charge in [0.1, 0.15) is 0 Å². The molecule has 0 saturated carbocycles. The number of nitrogens with one attached hydrogen (secondary N) is 1. The summed E-state index contributed by atoms with van der Waals surface area (Å²) in [4.78, 5) is 41.5. The number of imidazole rings is 1. The Morgan fingerprint density at radius 1 is 1.13 bits per heavy atom. The molecule has 2 aromatic carbocycles. The third-order valence-electron chi connectivity index (χ3n) is 5.69. The van der Waals surface area contributed by atoms with Gasteiger partial charge in [-0.1, -0.05) is 42.5 Å². The fraction of sp³-hybridized carbons (Fsp3) is 0.348. The van der Waals surface area contributed by atoms with Crippen LogP contribution in [0, 0.1) is 5.92 Å². The highest BCUT2D eigenvalue weighted by atomic mass is 16.5. The number of ether oxygens (including phenoxy) is 1. The maximum absolute atomic E-state index is 12.5. The maximum atomic E-state index is 12.5. The summed E-state index contributed by atoms with van der Waals surface area (Å²) >= 11 is 0. The molecule has 0 radical (unpaired) electrons. The SMILES string of the molecule is C[C@H](c1ccccc1)N1C[C@H](C(=O)OCCCn2c(=O)[nH]c3ccccc32)CC1=O. The lowest BCUT2D eigenvalue weighted by Gasteiger charge is -2.25. The first-order valence-electron chi connectivity index (χ1n) is 10.2. The summed E-state index contributed by atoms with van der Waals surface area (Å²) in [6, 6.07) is 17.2. The number of esters is 1. The van der Waals surface area contributed by atoms with E-state index < -0.39 is 5.92 Å². The molecule has 0 bridgehead atoms. The molecule has 7 heteroatoms. The van der Waals surface area contributed by atoms with Crippen LogP contribution >= 0.6 is 0 Å². The van der Waals surface area contributed by atoms with E-state index in [4.69, 9.17) is 4.74 Å². The highest BCUT2D eigenvalue weighted by Gasteiger charge is 2.37. The number of hydrogen-bond donors (Lipinski definition) is 1. The molecule has 1 saturated heterocycles. The number of aromatic nitrogens is 2. The number of fused-ring (bicyclic) bond motifs is 1. The number of carbonyl (C=O) groups excluding carboxylic acids is 2. The first-order valence-corrected chi connectivity index (χ1v) is 10.2. The molecule has 156 valence electrons. The fourth-order valence-corrected chi connectivity index (χ4v) is 4.02. The zero-order valence-corrected chi connectivity index (χ0v) is 16.9. The Labute approximate surface area is 174 Å². The number of rotatable bonds is 7. The van der Waals surface area contributed by atoms with E-state index >= 15 is 0 Å². The van der Waals surface area contributed by atoms with Crippen molar-refractivity contribution in [1.29, 1.82) is 0 Å². The standard InChI is InChI=1S/C23H25N3O4/c1-16(17-8-3-2-4-9-17)26-15-18(14-21(26)27)22(28)30-13-7-12-25-20-11-6-5-10-19(20)24-23(25)29/h2-6,8-11,16,18H,7,12-15H2,1H3,(H,24,29)/t16-,18-/m1/s1. The van der Waals surface area contributed by atoms with Crippen molar-refractivity contribution in [3.8, 4) is 0 Å². The number of H-pyrrole nitrogens is 1. The number of aromatic amines is 1. The molecular weight excluding hydrogens is 382 g/mol. The second-order valence-electron chi connectivity index (χ2n) is 7.65. The smallest absolute Gasteiger partial charge is 0.326 e. The number of amides is 1. The Kier molecular flexibility index (Phi) is 5.70. The molecule has 7 nitrogen and oxygen atoms in total. The first-order chi connectivity index (χ1) is 14.5. The molecule has 1 aliphatic heterocycles. The zero-order valence-electron chi connectivity index (χ0n) is 16.9. The summed E-state index contributed by atoms with van der Waals surface area (Å²) in [5, 5.41) is 0. The summed E-state index contributed by atoms with van der Waals surface area (Å²) in [7, 11) is 0. The van der Waals surface area contributed by atoms with Gasteiger partial charge in [0.05, 0.1) is 29.6 Å². The molecule has 1 aliphatic rings. The number of carbonyl (C=O) groups is 2. The van der Waals surface area contributed by atoms with Gasteiger partial charge in [0, 0.05) is 19.5 Å². The van der Waals surface area contributed by atoms with Gasteiger partial charge in [-0.05, 0) is 31.0 Å². The Morgan fingerprint density at radius 2 is 1.87 bits per heavy atom. The van der Waals surface area contributed by atoms with Crippen molar-refractivity contribution in [3.63, 3.8) is 0 Å². The molecule has 0 aliphatic carbocycles. The molecule has 2 atom stereocenters. The Bertz CT molecular complexity index is 1100. The lowest BCUT2D eigenvalue weighted by molar-refractivity contribution is -0.148. The molecule has 0 unspecified atom stereocenters. The van der Waals surface area contributed by atoms with Gasteiger partial charge in [0.15, 0.2) is 0 Å². The largest absolute Gasteiger partial charge is 0.465 e. The average molecular weight is 407 g/mol. The third-order valence-corrected chi connectivity index (χ3v) is 5.69. The number of benzene rings is 2. The minimum Gasteiger partial charge on any atom is -0.465 e. The second-order valence-corrected chi connectivity index (χ2v) is 7.65. The molecule has 1 N–H and O–H groups in total. The van der Waals surface area contributed by atoms with E-state index in [9.17, 15) is 14.4 Å². The molecule has 1 aromatic heterocycles. The Balaban J connectivity index is 1.29. The lowest BCUT2D eigenvalue weighted by atomic mass is 10.1. The van der Waals surface area contributed by atoms with Crippen molar-refractivity contribution in [2.75, 3.05) is 13.2 Å². The molecule has 30 heavy (non-hydrogen) atoms. The summed E-state index contributed by atoms with van der Waals surface area (Å²) in [6.45, 7) is 3.01. The minimum absolute atomic E-state index is 0.0290. The van der Waals surface area contributed by atoms with Gasteiger partial charge in [0.25, 0.3) is 0 Å². The summed E-state index contributed by atoms with van der Waals surface area (Å²) in [5.74, 6) is -0.824. The molecule has 1 amide bonds. The van der Waals surface area contributed by atoms with Crippen molar-refractivity contribution >= 4 is 22.9 Å². The second kappa shape index (κ2) is 8.57. The molecule has 4 rings (SSSR count). The van der Waals surface area contributed by atoms with Crippen LogP contribution in [0.15, 0.2) is 59.4 Å². The number of aryl methyl sites for hydroxylation is 1. The predicted molar refractivity (Wildman–Crippen MR) is 113 cm³/mol. The van der Waals surface area contributed by atoms with Gasteiger partial charge in [0.2, 0.25) is 5.91 Å². The van der Waals surface area contributed by atoms with Crippen LogP contribution in [0.4, 0.5) is 0 Å². The first kappa shape index (κ1) is 19.9. The van der Waals surface area contributed by atoms with Gasteiger partial charge in [-0.25, -0.2) is 4.79 Å². The maximum Gasteiger partial charge on any atom is 0.326 e. The molecule has 0 spiro atoms. The molecule has 2 heterocycles. The van der Waals surface area contributed by atoms with Crippen molar-refractivity contribution in [1.82, 2.24) is 14.5 Å². The van der Waals surface area contributed by atoms with Crippen molar-refractivity contribution in [2.24, 2.45) is 5.92 Å². The number of nitrogens with zero attached hydrogens (tertiary/aromatic N) is 2. The quantitative estimate of drug-likeness (QED) is 0.482. The van der Waals surface area contributed by atoms with E-state index in [0.717, 1.165) is 16.6 Å². The van der Waals surface area contributed by atoms with E-state index in [1.807, 2.05) is 61.5 Å². The molecule has 1 fully saturated rings. The van der Waals surface area contributed by atoms with E-state index in [1.54, 1.807) is 9.47 Å². The van der Waals surface area contributed by atoms with Crippen LogP contribution in [0.2, 0.25) is 0 Å². The highest BCUT2D eigenvalue weighted by molar-refractivity contribution is 5.87. The monoisotopic (exact) mass is 407 g/mol. The van der Waals surface area contributed by atoms with Crippen LogP contribution in [0.5, 0.6) is 0 Å². The summed E-state index contributed by atoms with van der Waals surface area (Å²) in [5.41, 5.74) is 2.50. The topological polar surface area (TPSA) is 84.4 Å². The van der Waals surface area contributed by atoms with Gasteiger partial charge >= 0.3 is 11.7 Å². The van der Waals surface area contributed by atoms with Crippen LogP contribution in [0.1, 0.15) is 31.4 Å². The van der Waals surface area contributed by atoms with Gasteiger partial charge in [-0.3, -0.25) is 14.2 Å². The minimum atomic E-state index is -0.445. The highest BCUT2D eigenvalue weighted by Crippen LogP contribution is 2.29. The van der Waals surface area contributed by atoms with E-state index in [2.05, 4.69) is 4.98 Å². The zero-order chi connectivity index (χ0) is 21.1. The third kappa shape index (κ3) is 4.01. The van der Waals surface area contributed by atoms with Crippen molar-refractivity contribution in [3.05, 3.63) is 70.6 Å². The lowest BCUT2D eigenvalue weighted by Crippen LogP contribution is -2.29. The number of likely N-dealkylation sites (tertiary alicyclic amines) is 1. The molecule has 3 aromatic rings. The number of hydrogen-bond acceptors (Lipinski definition) is 4. The van der Waals surface area contributed by atoms with Crippen molar-refractivity contribution in [2.45, 2.75) is 32.4 Å². The van der Waals surface area contributed by atoms with Gasteiger partial charge in [-0.15, -0.1) is 0 Å². The average Bonchev–Trinajstić information content (AvgIpc) is 3.30. The Morgan fingerprint density at radius 3 is 2.67 bits per heavy atom. The summed E-state index contributed by atoms with van der Waals surface area (Å²) in [6.07, 6.45) is 0.705. The Hall–Kier alpha value is -3.35.